The summed E-state index contributed by atoms with van der Waals surface area (Å²) >= 11 is 0. The number of hydrogen-bond donors (Lipinski definition) is 1. The Morgan fingerprint density at radius 1 is 1.16 bits per heavy atom. The molecule has 0 saturated carbocycles. The summed E-state index contributed by atoms with van der Waals surface area (Å²) in [5, 5.41) is 0. The van der Waals surface area contributed by atoms with Crippen molar-refractivity contribution in [3.8, 4) is 0 Å². The van der Waals surface area contributed by atoms with Gasteiger partial charge >= 0.3 is 5.97 Å². The van der Waals surface area contributed by atoms with Crippen molar-refractivity contribution in [2.24, 2.45) is 5.73 Å². The molecular formula is C16H17NO2. The van der Waals surface area contributed by atoms with E-state index in [4.69, 9.17) is 10.5 Å². The van der Waals surface area contributed by atoms with Gasteiger partial charge in [-0.25, -0.2) is 4.79 Å². The SMILES string of the molecule is C[C@@H](N)c1cccc(COC(=O)c2ccccc2)c1. The molecule has 0 saturated heterocycles. The van der Waals surface area contributed by atoms with Gasteiger partial charge in [0.2, 0.25) is 0 Å². The second-order valence-electron chi connectivity index (χ2n) is 4.48. The van der Waals surface area contributed by atoms with Crippen LogP contribution in [-0.4, -0.2) is 5.97 Å². The number of benzene rings is 2. The van der Waals surface area contributed by atoms with Gasteiger partial charge in [0.15, 0.2) is 0 Å². The second kappa shape index (κ2) is 6.16. The highest BCUT2D eigenvalue weighted by molar-refractivity contribution is 5.89. The van der Waals surface area contributed by atoms with E-state index in [-0.39, 0.29) is 18.6 Å². The predicted molar refractivity (Wildman–Crippen MR) is 74.6 cm³/mol. The van der Waals surface area contributed by atoms with Gasteiger partial charge in [-0.2, -0.15) is 0 Å². The molecule has 3 heteroatoms. The van der Waals surface area contributed by atoms with E-state index in [1.165, 1.54) is 0 Å². The summed E-state index contributed by atoms with van der Waals surface area (Å²) in [7, 11) is 0. The Morgan fingerprint density at radius 2 is 1.89 bits per heavy atom. The number of ether oxygens (including phenoxy) is 1. The summed E-state index contributed by atoms with van der Waals surface area (Å²) in [5.74, 6) is -0.313. The zero-order chi connectivity index (χ0) is 13.7. The van der Waals surface area contributed by atoms with Crippen molar-refractivity contribution in [2.45, 2.75) is 19.6 Å². The first-order chi connectivity index (χ1) is 9.16. The molecule has 0 radical (unpaired) electrons. The van der Waals surface area contributed by atoms with Crippen molar-refractivity contribution >= 4 is 5.97 Å². The van der Waals surface area contributed by atoms with E-state index in [9.17, 15) is 4.79 Å². The highest BCUT2D eigenvalue weighted by Crippen LogP contribution is 2.13. The van der Waals surface area contributed by atoms with Gasteiger partial charge in [-0.05, 0) is 30.2 Å². The molecule has 0 aliphatic heterocycles. The topological polar surface area (TPSA) is 52.3 Å². The third-order valence-electron chi connectivity index (χ3n) is 2.86. The molecule has 2 N–H and O–H groups in total. The standard InChI is InChI=1S/C16H17NO2/c1-12(17)15-9-5-6-13(10-15)11-19-16(18)14-7-3-2-4-8-14/h2-10,12H,11,17H2,1H3/t12-/m1/s1. The highest BCUT2D eigenvalue weighted by atomic mass is 16.5. The van der Waals surface area contributed by atoms with Gasteiger partial charge in [0.05, 0.1) is 5.56 Å². The molecule has 0 bridgehead atoms. The molecule has 1 atom stereocenters. The first-order valence-corrected chi connectivity index (χ1v) is 6.23. The molecule has 0 spiro atoms. The smallest absolute Gasteiger partial charge is 0.338 e. The van der Waals surface area contributed by atoms with Crippen LogP contribution in [0.3, 0.4) is 0 Å². The minimum atomic E-state index is -0.313. The van der Waals surface area contributed by atoms with Crippen molar-refractivity contribution in [1.82, 2.24) is 0 Å². The molecule has 0 fully saturated rings. The van der Waals surface area contributed by atoms with Crippen LogP contribution in [0.15, 0.2) is 54.6 Å². The molecule has 0 unspecified atom stereocenters. The maximum atomic E-state index is 11.8. The second-order valence-corrected chi connectivity index (χ2v) is 4.48. The molecule has 2 rings (SSSR count). The maximum absolute atomic E-state index is 11.8. The first kappa shape index (κ1) is 13.3. The summed E-state index contributed by atoms with van der Waals surface area (Å²) < 4.78 is 5.27. The zero-order valence-corrected chi connectivity index (χ0v) is 10.9. The summed E-state index contributed by atoms with van der Waals surface area (Å²) in [5.41, 5.74) is 8.36. The molecule has 0 aliphatic carbocycles. The van der Waals surface area contributed by atoms with E-state index in [1.807, 2.05) is 49.4 Å². The fourth-order valence-electron chi connectivity index (χ4n) is 1.77. The van der Waals surface area contributed by atoms with Crippen LogP contribution >= 0.6 is 0 Å². The van der Waals surface area contributed by atoms with E-state index in [2.05, 4.69) is 0 Å². The number of carbonyl (C=O) groups is 1. The van der Waals surface area contributed by atoms with Gasteiger partial charge < -0.3 is 10.5 Å². The van der Waals surface area contributed by atoms with Gasteiger partial charge in [-0.3, -0.25) is 0 Å². The molecule has 0 amide bonds. The highest BCUT2D eigenvalue weighted by Gasteiger charge is 2.07. The van der Waals surface area contributed by atoms with Crippen LogP contribution in [0.4, 0.5) is 0 Å². The van der Waals surface area contributed by atoms with Crippen molar-refractivity contribution in [1.29, 1.82) is 0 Å². The van der Waals surface area contributed by atoms with Crippen LogP contribution < -0.4 is 5.73 Å². The number of rotatable bonds is 4. The maximum Gasteiger partial charge on any atom is 0.338 e. The summed E-state index contributed by atoms with van der Waals surface area (Å²) in [6.45, 7) is 2.18. The zero-order valence-electron chi connectivity index (χ0n) is 10.9. The lowest BCUT2D eigenvalue weighted by Gasteiger charge is -2.09. The Morgan fingerprint density at radius 3 is 2.58 bits per heavy atom. The van der Waals surface area contributed by atoms with E-state index >= 15 is 0 Å². The molecule has 2 aromatic carbocycles. The monoisotopic (exact) mass is 255 g/mol. The lowest BCUT2D eigenvalue weighted by molar-refractivity contribution is 0.0472. The van der Waals surface area contributed by atoms with E-state index in [0.29, 0.717) is 5.56 Å². The Labute approximate surface area is 113 Å². The largest absolute Gasteiger partial charge is 0.457 e. The fourth-order valence-corrected chi connectivity index (χ4v) is 1.77. The number of carbonyl (C=O) groups excluding carboxylic acids is 1. The van der Waals surface area contributed by atoms with Crippen LogP contribution in [0, 0.1) is 0 Å². The van der Waals surface area contributed by atoms with Gasteiger partial charge in [-0.15, -0.1) is 0 Å². The number of esters is 1. The molecule has 3 nitrogen and oxygen atoms in total. The molecule has 0 heterocycles. The van der Waals surface area contributed by atoms with Gasteiger partial charge in [0, 0.05) is 6.04 Å². The molecule has 2 aromatic rings. The predicted octanol–water partition coefficient (Wildman–Crippen LogP) is 3.06. The Hall–Kier alpha value is -2.13. The van der Waals surface area contributed by atoms with Crippen LogP contribution in [-0.2, 0) is 11.3 Å². The first-order valence-electron chi connectivity index (χ1n) is 6.23. The number of hydrogen-bond acceptors (Lipinski definition) is 3. The van der Waals surface area contributed by atoms with E-state index in [0.717, 1.165) is 11.1 Å². The molecule has 19 heavy (non-hydrogen) atoms. The summed E-state index contributed by atoms with van der Waals surface area (Å²) in [6.07, 6.45) is 0. The van der Waals surface area contributed by atoms with Crippen molar-refractivity contribution < 1.29 is 9.53 Å². The van der Waals surface area contributed by atoms with Crippen LogP contribution in [0.25, 0.3) is 0 Å². The van der Waals surface area contributed by atoms with Crippen LogP contribution in [0.2, 0.25) is 0 Å². The van der Waals surface area contributed by atoms with Crippen LogP contribution in [0.1, 0.15) is 34.5 Å². The number of nitrogens with two attached hydrogens (primary N) is 1. The Kier molecular flexibility index (Phi) is 4.31. The lowest BCUT2D eigenvalue weighted by Crippen LogP contribution is -2.07. The Balaban J connectivity index is 1.99. The molecule has 0 aromatic heterocycles. The molecule has 98 valence electrons. The van der Waals surface area contributed by atoms with Crippen molar-refractivity contribution in [3.63, 3.8) is 0 Å². The normalized spacial score (nSPS) is 11.9. The minimum absolute atomic E-state index is 0.0234. The quantitative estimate of drug-likeness (QED) is 0.854. The average molecular weight is 255 g/mol. The van der Waals surface area contributed by atoms with Gasteiger partial charge in [-0.1, -0.05) is 42.5 Å². The van der Waals surface area contributed by atoms with E-state index in [1.54, 1.807) is 12.1 Å². The Bertz CT molecular complexity index is 550. The van der Waals surface area contributed by atoms with Crippen molar-refractivity contribution in [2.75, 3.05) is 0 Å². The summed E-state index contributed by atoms with van der Waals surface area (Å²) in [6, 6.07) is 16.7. The molecule has 0 aliphatic rings. The van der Waals surface area contributed by atoms with E-state index < -0.39 is 0 Å². The van der Waals surface area contributed by atoms with Gasteiger partial charge in [0.1, 0.15) is 6.61 Å². The lowest BCUT2D eigenvalue weighted by atomic mass is 10.1. The average Bonchev–Trinajstić information content (AvgIpc) is 2.46. The van der Waals surface area contributed by atoms with Crippen LogP contribution in [0.5, 0.6) is 0 Å². The fraction of sp³-hybridized carbons (Fsp3) is 0.188. The third-order valence-corrected chi connectivity index (χ3v) is 2.86. The minimum Gasteiger partial charge on any atom is -0.457 e. The molecular weight excluding hydrogens is 238 g/mol. The van der Waals surface area contributed by atoms with Gasteiger partial charge in [0.25, 0.3) is 0 Å². The third kappa shape index (κ3) is 3.66. The summed E-state index contributed by atoms with van der Waals surface area (Å²) in [4.78, 5) is 11.8. The van der Waals surface area contributed by atoms with Crippen molar-refractivity contribution in [3.05, 3.63) is 71.3 Å².